The molecule has 6 heteroatoms. The number of benzene rings is 1. The number of nitrogens with one attached hydrogen (secondary N) is 1. The first-order valence-electron chi connectivity index (χ1n) is 5.22. The van der Waals surface area contributed by atoms with Gasteiger partial charge in [-0.1, -0.05) is 0 Å². The first-order valence-corrected chi connectivity index (χ1v) is 6.98. The Kier molecular flexibility index (Phi) is 4.33. The summed E-state index contributed by atoms with van der Waals surface area (Å²) in [5.74, 6) is 1.30. The van der Waals surface area contributed by atoms with Gasteiger partial charge < -0.3 is 5.32 Å². The number of thioether (sulfide) groups is 1. The van der Waals surface area contributed by atoms with E-state index in [0.29, 0.717) is 5.75 Å². The van der Waals surface area contributed by atoms with Gasteiger partial charge in [-0.15, -0.1) is 11.8 Å². The SMILES string of the molecule is CCNc1nc(CSc2ccc(F)cc2)ns1. The van der Waals surface area contributed by atoms with Crippen molar-refractivity contribution in [2.45, 2.75) is 17.6 Å². The third-order valence-electron chi connectivity index (χ3n) is 1.98. The van der Waals surface area contributed by atoms with E-state index in [9.17, 15) is 4.39 Å². The van der Waals surface area contributed by atoms with Crippen molar-refractivity contribution in [2.24, 2.45) is 0 Å². The van der Waals surface area contributed by atoms with Crippen LogP contribution in [0.1, 0.15) is 12.7 Å². The third kappa shape index (κ3) is 3.67. The van der Waals surface area contributed by atoms with Crippen LogP contribution in [0.2, 0.25) is 0 Å². The zero-order valence-corrected chi connectivity index (χ0v) is 10.9. The predicted octanol–water partition coefficient (Wildman–Crippen LogP) is 3.40. The van der Waals surface area contributed by atoms with Crippen molar-refractivity contribution < 1.29 is 4.39 Å². The van der Waals surface area contributed by atoms with E-state index in [1.54, 1.807) is 23.9 Å². The number of hydrogen-bond acceptors (Lipinski definition) is 5. The number of anilines is 1. The lowest BCUT2D eigenvalue weighted by atomic mass is 10.4. The van der Waals surface area contributed by atoms with Crippen LogP contribution in [0.25, 0.3) is 0 Å². The van der Waals surface area contributed by atoms with Crippen LogP contribution >= 0.6 is 23.3 Å². The standard InChI is InChI=1S/C11H12FN3S2/c1-2-13-11-14-10(15-17-11)7-16-9-5-3-8(12)4-6-9/h3-6H,2,7H2,1H3,(H,13,14,15). The molecule has 2 aromatic rings. The van der Waals surface area contributed by atoms with Gasteiger partial charge in [0.2, 0.25) is 5.13 Å². The zero-order valence-electron chi connectivity index (χ0n) is 9.31. The van der Waals surface area contributed by atoms with Gasteiger partial charge in [0.15, 0.2) is 5.82 Å². The molecule has 0 aliphatic rings. The molecule has 3 nitrogen and oxygen atoms in total. The summed E-state index contributed by atoms with van der Waals surface area (Å²) in [6, 6.07) is 6.44. The number of hydrogen-bond donors (Lipinski definition) is 1. The molecule has 0 radical (unpaired) electrons. The quantitative estimate of drug-likeness (QED) is 0.844. The molecule has 0 spiro atoms. The molecule has 0 unspecified atom stereocenters. The normalized spacial score (nSPS) is 10.5. The highest BCUT2D eigenvalue weighted by molar-refractivity contribution is 7.98. The Balaban J connectivity index is 1.90. The highest BCUT2D eigenvalue weighted by Gasteiger charge is 2.03. The monoisotopic (exact) mass is 269 g/mol. The van der Waals surface area contributed by atoms with E-state index >= 15 is 0 Å². The zero-order chi connectivity index (χ0) is 12.1. The summed E-state index contributed by atoms with van der Waals surface area (Å²) in [5.41, 5.74) is 0. The number of nitrogens with zero attached hydrogens (tertiary/aromatic N) is 2. The lowest BCUT2D eigenvalue weighted by Gasteiger charge is -1.98. The summed E-state index contributed by atoms with van der Waals surface area (Å²) in [6.07, 6.45) is 0. The second-order valence-corrected chi connectivity index (χ2v) is 5.09. The van der Waals surface area contributed by atoms with Gasteiger partial charge >= 0.3 is 0 Å². The van der Waals surface area contributed by atoms with E-state index < -0.39 is 0 Å². The van der Waals surface area contributed by atoms with Crippen LogP contribution in [0.5, 0.6) is 0 Å². The molecule has 0 atom stereocenters. The minimum Gasteiger partial charge on any atom is -0.361 e. The van der Waals surface area contributed by atoms with Crippen molar-refractivity contribution >= 4 is 28.4 Å². The molecule has 0 aliphatic carbocycles. The minimum absolute atomic E-state index is 0.212. The summed E-state index contributed by atoms with van der Waals surface area (Å²) in [5, 5.41) is 3.97. The van der Waals surface area contributed by atoms with Gasteiger partial charge in [0.05, 0.1) is 5.75 Å². The number of aromatic nitrogens is 2. The van der Waals surface area contributed by atoms with E-state index in [2.05, 4.69) is 14.7 Å². The summed E-state index contributed by atoms with van der Waals surface area (Å²) in [4.78, 5) is 5.35. The molecular weight excluding hydrogens is 257 g/mol. The molecule has 1 heterocycles. The molecule has 1 aromatic heterocycles. The average Bonchev–Trinajstić information content (AvgIpc) is 2.77. The van der Waals surface area contributed by atoms with E-state index in [1.165, 1.54) is 23.7 Å². The summed E-state index contributed by atoms with van der Waals surface area (Å²) in [6.45, 7) is 2.87. The molecule has 2 rings (SSSR count). The Hall–Kier alpha value is -1.14. The third-order valence-corrected chi connectivity index (χ3v) is 3.70. The van der Waals surface area contributed by atoms with Crippen molar-refractivity contribution in [2.75, 3.05) is 11.9 Å². The first-order chi connectivity index (χ1) is 8.28. The van der Waals surface area contributed by atoms with Gasteiger partial charge in [0.1, 0.15) is 5.82 Å². The fourth-order valence-electron chi connectivity index (χ4n) is 1.21. The van der Waals surface area contributed by atoms with Crippen LogP contribution in [0.3, 0.4) is 0 Å². The molecule has 0 bridgehead atoms. The molecule has 17 heavy (non-hydrogen) atoms. The van der Waals surface area contributed by atoms with Crippen molar-refractivity contribution in [3.8, 4) is 0 Å². The second-order valence-electron chi connectivity index (χ2n) is 3.29. The fraction of sp³-hybridized carbons (Fsp3) is 0.273. The Morgan fingerprint density at radius 1 is 1.35 bits per heavy atom. The predicted molar refractivity (Wildman–Crippen MR) is 70.0 cm³/mol. The van der Waals surface area contributed by atoms with Crippen LogP contribution < -0.4 is 5.32 Å². The largest absolute Gasteiger partial charge is 0.361 e. The maximum absolute atomic E-state index is 12.7. The maximum atomic E-state index is 12.7. The van der Waals surface area contributed by atoms with Crippen molar-refractivity contribution in [1.82, 2.24) is 9.36 Å². The molecule has 0 saturated heterocycles. The Morgan fingerprint density at radius 2 is 2.12 bits per heavy atom. The molecule has 0 amide bonds. The summed E-state index contributed by atoms with van der Waals surface area (Å²) < 4.78 is 16.9. The average molecular weight is 269 g/mol. The van der Waals surface area contributed by atoms with Crippen LogP contribution in [0.15, 0.2) is 29.2 Å². The van der Waals surface area contributed by atoms with Crippen molar-refractivity contribution in [1.29, 1.82) is 0 Å². The van der Waals surface area contributed by atoms with Gasteiger partial charge in [-0.2, -0.15) is 4.37 Å². The first kappa shape index (κ1) is 12.3. The van der Waals surface area contributed by atoms with Gasteiger partial charge in [-0.3, -0.25) is 0 Å². The second kappa shape index (κ2) is 5.97. The smallest absolute Gasteiger partial charge is 0.202 e. The van der Waals surface area contributed by atoms with Crippen LogP contribution in [0.4, 0.5) is 9.52 Å². The fourth-order valence-corrected chi connectivity index (χ4v) is 2.70. The Bertz CT molecular complexity index is 470. The maximum Gasteiger partial charge on any atom is 0.202 e. The van der Waals surface area contributed by atoms with E-state index in [-0.39, 0.29) is 5.82 Å². The highest BCUT2D eigenvalue weighted by Crippen LogP contribution is 2.23. The van der Waals surface area contributed by atoms with E-state index in [0.717, 1.165) is 22.4 Å². The lowest BCUT2D eigenvalue weighted by molar-refractivity contribution is 0.626. The molecule has 0 aliphatic heterocycles. The molecule has 0 saturated carbocycles. The molecular formula is C11H12FN3S2. The molecule has 1 aromatic carbocycles. The molecule has 90 valence electrons. The van der Waals surface area contributed by atoms with E-state index in [1.807, 2.05) is 6.92 Å². The van der Waals surface area contributed by atoms with Crippen molar-refractivity contribution in [3.63, 3.8) is 0 Å². The molecule has 1 N–H and O–H groups in total. The Labute approximate surface area is 108 Å². The molecule has 0 fully saturated rings. The summed E-state index contributed by atoms with van der Waals surface area (Å²) >= 11 is 2.97. The lowest BCUT2D eigenvalue weighted by Crippen LogP contribution is -1.95. The van der Waals surface area contributed by atoms with Crippen LogP contribution in [-0.4, -0.2) is 15.9 Å². The van der Waals surface area contributed by atoms with Gasteiger partial charge in [0.25, 0.3) is 0 Å². The van der Waals surface area contributed by atoms with Crippen LogP contribution in [0, 0.1) is 5.82 Å². The topological polar surface area (TPSA) is 37.8 Å². The Morgan fingerprint density at radius 3 is 2.82 bits per heavy atom. The van der Waals surface area contributed by atoms with Crippen molar-refractivity contribution in [3.05, 3.63) is 35.9 Å². The van der Waals surface area contributed by atoms with E-state index in [4.69, 9.17) is 0 Å². The number of rotatable bonds is 5. The van der Waals surface area contributed by atoms with Gasteiger partial charge in [-0.25, -0.2) is 9.37 Å². The minimum atomic E-state index is -0.212. The van der Waals surface area contributed by atoms with Gasteiger partial charge in [-0.05, 0) is 31.2 Å². The van der Waals surface area contributed by atoms with Crippen LogP contribution in [-0.2, 0) is 5.75 Å². The summed E-state index contributed by atoms with van der Waals surface area (Å²) in [7, 11) is 0. The van der Waals surface area contributed by atoms with Gasteiger partial charge in [0, 0.05) is 23.0 Å². The number of halogens is 1. The highest BCUT2D eigenvalue weighted by atomic mass is 32.2.